The summed E-state index contributed by atoms with van der Waals surface area (Å²) in [5, 5.41) is 3.20. The number of rotatable bonds is 3. The molecule has 19 heavy (non-hydrogen) atoms. The number of fused-ring (bicyclic) bond motifs is 1. The van der Waals surface area contributed by atoms with Crippen molar-refractivity contribution in [1.29, 1.82) is 0 Å². The summed E-state index contributed by atoms with van der Waals surface area (Å²) in [6.07, 6.45) is 2.76. The van der Waals surface area contributed by atoms with E-state index in [0.717, 1.165) is 12.6 Å². The van der Waals surface area contributed by atoms with Gasteiger partial charge in [0.05, 0.1) is 0 Å². The summed E-state index contributed by atoms with van der Waals surface area (Å²) < 4.78 is 0. The standard InChI is InChI=1S/C16H25N3/c1-13-11-18-9-3-4-16(18)12-19(13)15-7-5-14(6-8-15)10-17-2/h5-8,13,16-17H,3-4,9-12H2,1-2H3. The minimum absolute atomic E-state index is 0.629. The third kappa shape index (κ3) is 2.63. The first-order chi connectivity index (χ1) is 9.28. The maximum absolute atomic E-state index is 3.20. The van der Waals surface area contributed by atoms with Gasteiger partial charge in [-0.15, -0.1) is 0 Å². The van der Waals surface area contributed by atoms with E-state index in [1.54, 1.807) is 0 Å². The zero-order valence-corrected chi connectivity index (χ0v) is 12.1. The van der Waals surface area contributed by atoms with E-state index in [-0.39, 0.29) is 0 Å². The smallest absolute Gasteiger partial charge is 0.0389 e. The minimum Gasteiger partial charge on any atom is -0.366 e. The van der Waals surface area contributed by atoms with Crippen LogP contribution in [0, 0.1) is 0 Å². The fourth-order valence-electron chi connectivity index (χ4n) is 3.56. The van der Waals surface area contributed by atoms with Gasteiger partial charge >= 0.3 is 0 Å². The Kier molecular flexibility index (Phi) is 3.76. The van der Waals surface area contributed by atoms with E-state index >= 15 is 0 Å². The molecule has 0 saturated carbocycles. The minimum atomic E-state index is 0.629. The molecule has 0 amide bonds. The molecule has 3 heteroatoms. The molecule has 0 radical (unpaired) electrons. The highest BCUT2D eigenvalue weighted by Gasteiger charge is 2.34. The Balaban J connectivity index is 1.73. The van der Waals surface area contributed by atoms with E-state index < -0.39 is 0 Å². The first-order valence-corrected chi connectivity index (χ1v) is 7.52. The van der Waals surface area contributed by atoms with Gasteiger partial charge in [-0.3, -0.25) is 4.90 Å². The topological polar surface area (TPSA) is 18.5 Å². The molecule has 1 N–H and O–H groups in total. The average Bonchev–Trinajstić information content (AvgIpc) is 2.86. The fourth-order valence-corrected chi connectivity index (χ4v) is 3.56. The van der Waals surface area contributed by atoms with Gasteiger partial charge in [-0.05, 0) is 51.1 Å². The predicted molar refractivity (Wildman–Crippen MR) is 80.6 cm³/mol. The molecule has 3 rings (SSSR count). The summed E-state index contributed by atoms with van der Waals surface area (Å²) in [6, 6.07) is 10.5. The highest BCUT2D eigenvalue weighted by atomic mass is 15.3. The van der Waals surface area contributed by atoms with Gasteiger partial charge in [-0.1, -0.05) is 12.1 Å². The number of benzene rings is 1. The first kappa shape index (κ1) is 12.9. The molecular formula is C16H25N3. The zero-order chi connectivity index (χ0) is 13.2. The highest BCUT2D eigenvalue weighted by Crippen LogP contribution is 2.28. The molecule has 0 spiro atoms. The van der Waals surface area contributed by atoms with Crippen molar-refractivity contribution in [2.45, 2.75) is 38.4 Å². The quantitative estimate of drug-likeness (QED) is 0.896. The van der Waals surface area contributed by atoms with Crippen LogP contribution in [0.5, 0.6) is 0 Å². The lowest BCUT2D eigenvalue weighted by atomic mass is 10.1. The number of anilines is 1. The van der Waals surface area contributed by atoms with Crippen molar-refractivity contribution in [3.63, 3.8) is 0 Å². The third-order valence-electron chi connectivity index (χ3n) is 4.59. The number of piperazine rings is 1. The van der Waals surface area contributed by atoms with Gasteiger partial charge in [0.25, 0.3) is 0 Å². The van der Waals surface area contributed by atoms with Crippen LogP contribution in [0.4, 0.5) is 5.69 Å². The predicted octanol–water partition coefficient (Wildman–Crippen LogP) is 2.08. The Morgan fingerprint density at radius 1 is 1.21 bits per heavy atom. The first-order valence-electron chi connectivity index (χ1n) is 7.52. The van der Waals surface area contributed by atoms with Crippen LogP contribution in [0.25, 0.3) is 0 Å². The Hall–Kier alpha value is -1.06. The largest absolute Gasteiger partial charge is 0.366 e. The molecule has 2 unspecified atom stereocenters. The summed E-state index contributed by atoms with van der Waals surface area (Å²) in [5.74, 6) is 0. The number of nitrogens with one attached hydrogen (secondary N) is 1. The summed E-state index contributed by atoms with van der Waals surface area (Å²) in [4.78, 5) is 5.27. The van der Waals surface area contributed by atoms with Crippen LogP contribution in [0.15, 0.2) is 24.3 Å². The van der Waals surface area contributed by atoms with E-state index in [4.69, 9.17) is 0 Å². The lowest BCUT2D eigenvalue weighted by Crippen LogP contribution is -2.55. The molecule has 2 fully saturated rings. The van der Waals surface area contributed by atoms with Gasteiger partial charge in [-0.25, -0.2) is 0 Å². The van der Waals surface area contributed by atoms with Gasteiger partial charge in [-0.2, -0.15) is 0 Å². The summed E-state index contributed by atoms with van der Waals surface area (Å²) >= 11 is 0. The van der Waals surface area contributed by atoms with Crippen LogP contribution in [-0.2, 0) is 6.54 Å². The van der Waals surface area contributed by atoms with Crippen molar-refractivity contribution in [2.24, 2.45) is 0 Å². The van der Waals surface area contributed by atoms with E-state index in [1.807, 2.05) is 7.05 Å². The van der Waals surface area contributed by atoms with E-state index in [2.05, 4.69) is 46.3 Å². The van der Waals surface area contributed by atoms with Gasteiger partial charge in [0.1, 0.15) is 0 Å². The van der Waals surface area contributed by atoms with Crippen molar-refractivity contribution >= 4 is 5.69 Å². The highest BCUT2D eigenvalue weighted by molar-refractivity contribution is 5.49. The molecule has 2 heterocycles. The third-order valence-corrected chi connectivity index (χ3v) is 4.59. The Bertz CT molecular complexity index is 415. The van der Waals surface area contributed by atoms with E-state index in [1.165, 1.54) is 43.7 Å². The number of nitrogens with zero attached hydrogens (tertiary/aromatic N) is 2. The molecule has 1 aromatic carbocycles. The van der Waals surface area contributed by atoms with Crippen LogP contribution >= 0.6 is 0 Å². The van der Waals surface area contributed by atoms with E-state index in [0.29, 0.717) is 6.04 Å². The molecule has 0 aliphatic carbocycles. The van der Waals surface area contributed by atoms with Crippen molar-refractivity contribution in [3.8, 4) is 0 Å². The Morgan fingerprint density at radius 3 is 2.74 bits per heavy atom. The van der Waals surface area contributed by atoms with Gasteiger partial charge < -0.3 is 10.2 Å². The van der Waals surface area contributed by atoms with Crippen LogP contribution in [0.3, 0.4) is 0 Å². The Labute approximate surface area is 116 Å². The molecule has 2 aliphatic rings. The molecule has 0 bridgehead atoms. The molecule has 2 aliphatic heterocycles. The number of hydrogen-bond donors (Lipinski definition) is 1. The second-order valence-electron chi connectivity index (χ2n) is 5.99. The SMILES string of the molecule is CNCc1ccc(N2CC3CCCN3CC2C)cc1. The summed E-state index contributed by atoms with van der Waals surface area (Å²) in [7, 11) is 2.00. The van der Waals surface area contributed by atoms with Crippen LogP contribution in [-0.4, -0.2) is 43.7 Å². The zero-order valence-electron chi connectivity index (χ0n) is 12.1. The second kappa shape index (κ2) is 5.51. The summed E-state index contributed by atoms with van der Waals surface area (Å²) in [6.45, 7) is 7.04. The average molecular weight is 259 g/mol. The van der Waals surface area contributed by atoms with Crippen molar-refractivity contribution in [3.05, 3.63) is 29.8 Å². The molecule has 2 saturated heterocycles. The van der Waals surface area contributed by atoms with Gasteiger partial charge in [0.15, 0.2) is 0 Å². The summed E-state index contributed by atoms with van der Waals surface area (Å²) in [5.41, 5.74) is 2.75. The van der Waals surface area contributed by atoms with Crippen molar-refractivity contribution in [2.75, 3.05) is 31.6 Å². The molecule has 104 valence electrons. The van der Waals surface area contributed by atoms with E-state index in [9.17, 15) is 0 Å². The van der Waals surface area contributed by atoms with Crippen LogP contribution in [0.1, 0.15) is 25.3 Å². The monoisotopic (exact) mass is 259 g/mol. The van der Waals surface area contributed by atoms with Crippen LogP contribution in [0.2, 0.25) is 0 Å². The molecule has 1 aromatic rings. The number of hydrogen-bond acceptors (Lipinski definition) is 3. The molecule has 3 nitrogen and oxygen atoms in total. The normalized spacial score (nSPS) is 27.6. The van der Waals surface area contributed by atoms with Crippen molar-refractivity contribution in [1.82, 2.24) is 10.2 Å². The van der Waals surface area contributed by atoms with Gasteiger partial charge in [0, 0.05) is 37.4 Å². The maximum atomic E-state index is 3.20. The maximum Gasteiger partial charge on any atom is 0.0389 e. The van der Waals surface area contributed by atoms with Crippen LogP contribution < -0.4 is 10.2 Å². The van der Waals surface area contributed by atoms with Crippen molar-refractivity contribution < 1.29 is 0 Å². The molecule has 0 aromatic heterocycles. The van der Waals surface area contributed by atoms with Gasteiger partial charge in [0.2, 0.25) is 0 Å². The Morgan fingerprint density at radius 2 is 2.00 bits per heavy atom. The second-order valence-corrected chi connectivity index (χ2v) is 5.99. The lowest BCUT2D eigenvalue weighted by molar-refractivity contribution is 0.203. The molecular weight excluding hydrogens is 234 g/mol. The lowest BCUT2D eigenvalue weighted by Gasteiger charge is -2.43. The fraction of sp³-hybridized carbons (Fsp3) is 0.625. The molecule has 2 atom stereocenters.